The van der Waals surface area contributed by atoms with Gasteiger partial charge >= 0.3 is 5.97 Å². The van der Waals surface area contributed by atoms with Crippen LogP contribution in [0, 0.1) is 5.92 Å². The lowest BCUT2D eigenvalue weighted by Gasteiger charge is -2.15. The summed E-state index contributed by atoms with van der Waals surface area (Å²) in [5, 5.41) is 8.78. The van der Waals surface area contributed by atoms with Crippen molar-refractivity contribution in [3.63, 3.8) is 0 Å². The minimum atomic E-state index is -0.721. The van der Waals surface area contributed by atoms with Gasteiger partial charge in [0.15, 0.2) is 0 Å². The second-order valence-electron chi connectivity index (χ2n) is 4.84. The molecular weight excluding hydrogens is 230 g/mol. The first-order chi connectivity index (χ1) is 8.69. The molecule has 0 saturated carbocycles. The maximum Gasteiger partial charge on any atom is 0.303 e. The molecule has 5 heteroatoms. The molecule has 0 spiro atoms. The quantitative estimate of drug-likeness (QED) is 0.860. The second-order valence-corrected chi connectivity index (χ2v) is 4.84. The highest BCUT2D eigenvalue weighted by atomic mass is 16.4. The maximum atomic E-state index is 10.7. The Morgan fingerprint density at radius 2 is 2.22 bits per heavy atom. The highest BCUT2D eigenvalue weighted by Gasteiger charge is 2.25. The molecule has 1 aromatic heterocycles. The largest absolute Gasteiger partial charge is 0.481 e. The summed E-state index contributed by atoms with van der Waals surface area (Å²) < 4.78 is 0. The number of anilines is 1. The number of carboxylic acid groups (broad SMARTS) is 1. The summed E-state index contributed by atoms with van der Waals surface area (Å²) in [4.78, 5) is 21.5. The summed E-state index contributed by atoms with van der Waals surface area (Å²) >= 11 is 0. The van der Waals surface area contributed by atoms with Gasteiger partial charge in [-0.25, -0.2) is 9.97 Å². The molecule has 1 aromatic rings. The van der Waals surface area contributed by atoms with Gasteiger partial charge < -0.3 is 10.0 Å². The van der Waals surface area contributed by atoms with E-state index in [0.29, 0.717) is 0 Å². The van der Waals surface area contributed by atoms with Crippen LogP contribution >= 0.6 is 0 Å². The summed E-state index contributed by atoms with van der Waals surface area (Å²) in [5.74, 6) is 0.227. The second kappa shape index (κ2) is 5.80. The monoisotopic (exact) mass is 249 g/mol. The number of rotatable bonds is 5. The fraction of sp³-hybridized carbons (Fsp3) is 0.615. The van der Waals surface area contributed by atoms with Crippen LogP contribution in [0.5, 0.6) is 0 Å². The Kier molecular flexibility index (Phi) is 4.12. The third-order valence-electron chi connectivity index (χ3n) is 3.26. The Bertz CT molecular complexity index is 405. The summed E-state index contributed by atoms with van der Waals surface area (Å²) in [6, 6.07) is 0. The lowest BCUT2D eigenvalue weighted by molar-refractivity contribution is -0.137. The fourth-order valence-electron chi connectivity index (χ4n) is 2.36. The first kappa shape index (κ1) is 12.8. The number of aliphatic carboxylic acids is 1. The molecule has 18 heavy (non-hydrogen) atoms. The van der Waals surface area contributed by atoms with Crippen LogP contribution in [0.2, 0.25) is 0 Å². The Hall–Kier alpha value is -1.65. The fourth-order valence-corrected chi connectivity index (χ4v) is 2.36. The molecule has 98 valence electrons. The zero-order valence-corrected chi connectivity index (χ0v) is 10.7. The van der Waals surface area contributed by atoms with Crippen molar-refractivity contribution in [2.24, 2.45) is 5.92 Å². The van der Waals surface area contributed by atoms with Crippen LogP contribution < -0.4 is 4.90 Å². The van der Waals surface area contributed by atoms with Gasteiger partial charge in [-0.2, -0.15) is 0 Å². The van der Waals surface area contributed by atoms with E-state index in [0.717, 1.165) is 43.9 Å². The van der Waals surface area contributed by atoms with Crippen LogP contribution in [0.3, 0.4) is 0 Å². The number of nitrogens with zero attached hydrogens (tertiary/aromatic N) is 3. The zero-order valence-electron chi connectivity index (χ0n) is 10.7. The lowest BCUT2D eigenvalue weighted by Crippen LogP contribution is -2.22. The summed E-state index contributed by atoms with van der Waals surface area (Å²) in [6.45, 7) is 3.73. The van der Waals surface area contributed by atoms with Crippen molar-refractivity contribution >= 4 is 11.9 Å². The molecule has 2 rings (SSSR count). The number of aromatic nitrogens is 2. The number of hydrogen-bond donors (Lipinski definition) is 1. The number of carboxylic acids is 1. The molecule has 0 amide bonds. The van der Waals surface area contributed by atoms with E-state index < -0.39 is 5.97 Å². The number of carbonyl (C=O) groups is 1. The van der Waals surface area contributed by atoms with E-state index in [1.807, 2.05) is 12.4 Å². The van der Waals surface area contributed by atoms with Gasteiger partial charge in [-0.15, -0.1) is 0 Å². The summed E-state index contributed by atoms with van der Waals surface area (Å²) in [6.07, 6.45) is 6.98. The number of aryl methyl sites for hydroxylation is 1. The molecule has 1 saturated heterocycles. The molecule has 1 N–H and O–H groups in total. The van der Waals surface area contributed by atoms with Crippen molar-refractivity contribution in [2.45, 2.75) is 32.6 Å². The van der Waals surface area contributed by atoms with Crippen molar-refractivity contribution in [3.8, 4) is 0 Å². The van der Waals surface area contributed by atoms with Crippen molar-refractivity contribution in [1.29, 1.82) is 0 Å². The van der Waals surface area contributed by atoms with Gasteiger partial charge in [0.1, 0.15) is 0 Å². The van der Waals surface area contributed by atoms with Crippen molar-refractivity contribution in [3.05, 3.63) is 18.0 Å². The molecule has 5 nitrogen and oxygen atoms in total. The predicted octanol–water partition coefficient (Wildman–Crippen LogP) is 1.73. The van der Waals surface area contributed by atoms with Gasteiger partial charge in [0.05, 0.1) is 0 Å². The molecule has 1 aliphatic heterocycles. The third kappa shape index (κ3) is 3.18. The molecule has 0 radical (unpaired) electrons. The Labute approximate surface area is 107 Å². The van der Waals surface area contributed by atoms with Crippen molar-refractivity contribution in [1.82, 2.24) is 9.97 Å². The molecule has 0 aromatic carbocycles. The molecular formula is C13H19N3O2. The molecule has 2 heterocycles. The van der Waals surface area contributed by atoms with Gasteiger partial charge in [0, 0.05) is 31.9 Å². The van der Waals surface area contributed by atoms with Crippen LogP contribution in [-0.2, 0) is 11.2 Å². The van der Waals surface area contributed by atoms with Gasteiger partial charge in [-0.05, 0) is 24.3 Å². The lowest BCUT2D eigenvalue weighted by atomic mass is 10.1. The van der Waals surface area contributed by atoms with Gasteiger partial charge in [0.2, 0.25) is 5.95 Å². The van der Waals surface area contributed by atoms with Gasteiger partial charge in [0.25, 0.3) is 0 Å². The smallest absolute Gasteiger partial charge is 0.303 e. The van der Waals surface area contributed by atoms with Gasteiger partial charge in [-0.3, -0.25) is 4.79 Å². The molecule has 1 unspecified atom stereocenters. The third-order valence-corrected chi connectivity index (χ3v) is 3.26. The topological polar surface area (TPSA) is 66.3 Å². The van der Waals surface area contributed by atoms with E-state index in [1.165, 1.54) is 0 Å². The van der Waals surface area contributed by atoms with Crippen LogP contribution in [0.1, 0.15) is 31.7 Å². The SMILES string of the molecule is CCCc1cnc(N2CCC(CC(=O)O)C2)nc1. The first-order valence-electron chi connectivity index (χ1n) is 6.46. The average Bonchev–Trinajstić information content (AvgIpc) is 2.78. The molecule has 1 atom stereocenters. The average molecular weight is 249 g/mol. The zero-order chi connectivity index (χ0) is 13.0. The van der Waals surface area contributed by atoms with E-state index in [1.54, 1.807) is 0 Å². The highest BCUT2D eigenvalue weighted by Crippen LogP contribution is 2.22. The van der Waals surface area contributed by atoms with Crippen LogP contribution in [-0.4, -0.2) is 34.1 Å². The maximum absolute atomic E-state index is 10.7. The van der Waals surface area contributed by atoms with E-state index in [-0.39, 0.29) is 12.3 Å². The molecule has 0 aliphatic carbocycles. The minimum Gasteiger partial charge on any atom is -0.481 e. The summed E-state index contributed by atoms with van der Waals surface area (Å²) in [7, 11) is 0. The Balaban J connectivity index is 1.94. The minimum absolute atomic E-state index is 0.224. The van der Waals surface area contributed by atoms with Crippen LogP contribution in [0.25, 0.3) is 0 Å². The van der Waals surface area contributed by atoms with Crippen LogP contribution in [0.4, 0.5) is 5.95 Å². The Morgan fingerprint density at radius 1 is 1.50 bits per heavy atom. The first-order valence-corrected chi connectivity index (χ1v) is 6.46. The normalized spacial score (nSPS) is 19.2. The van der Waals surface area contributed by atoms with Crippen molar-refractivity contribution < 1.29 is 9.90 Å². The van der Waals surface area contributed by atoms with Crippen LogP contribution in [0.15, 0.2) is 12.4 Å². The highest BCUT2D eigenvalue weighted by molar-refractivity contribution is 5.67. The van der Waals surface area contributed by atoms with Gasteiger partial charge in [-0.1, -0.05) is 13.3 Å². The molecule has 1 fully saturated rings. The van der Waals surface area contributed by atoms with E-state index in [9.17, 15) is 4.79 Å². The summed E-state index contributed by atoms with van der Waals surface area (Å²) in [5.41, 5.74) is 1.16. The van der Waals surface area contributed by atoms with E-state index >= 15 is 0 Å². The van der Waals surface area contributed by atoms with Crippen molar-refractivity contribution in [2.75, 3.05) is 18.0 Å². The molecule has 1 aliphatic rings. The van der Waals surface area contributed by atoms with E-state index in [2.05, 4.69) is 21.8 Å². The Morgan fingerprint density at radius 3 is 2.83 bits per heavy atom. The predicted molar refractivity (Wildman–Crippen MR) is 68.6 cm³/mol. The molecule has 0 bridgehead atoms. The number of hydrogen-bond acceptors (Lipinski definition) is 4. The standard InChI is InChI=1S/C13H19N3O2/c1-2-3-11-7-14-13(15-8-11)16-5-4-10(9-16)6-12(17)18/h7-8,10H,2-6,9H2,1H3,(H,17,18). The van der Waals surface area contributed by atoms with E-state index in [4.69, 9.17) is 5.11 Å².